The predicted octanol–water partition coefficient (Wildman–Crippen LogP) is -1.24. The fourth-order valence-electron chi connectivity index (χ4n) is 2.17. The first-order valence-corrected chi connectivity index (χ1v) is 4.10. The molecule has 0 aromatic rings. The van der Waals surface area contributed by atoms with Crippen LogP contribution in [0.5, 0.6) is 0 Å². The average molecular weight is 166 g/mol. The summed E-state index contributed by atoms with van der Waals surface area (Å²) in [7, 11) is 0.218. The second kappa shape index (κ2) is 2.24. The van der Waals surface area contributed by atoms with Crippen LogP contribution in [0, 0.1) is 17.2 Å². The van der Waals surface area contributed by atoms with Crippen LogP contribution in [0.3, 0.4) is 0 Å². The Morgan fingerprint density at radius 3 is 2.42 bits per heavy atom. The maximum absolute atomic E-state index is 10.00. The first-order chi connectivity index (χ1) is 5.58. The van der Waals surface area contributed by atoms with Crippen LogP contribution in [0.2, 0.25) is 0 Å². The van der Waals surface area contributed by atoms with Gasteiger partial charge in [-0.2, -0.15) is 5.26 Å². The molecule has 1 N–H and O–H groups in total. The van der Waals surface area contributed by atoms with E-state index in [9.17, 15) is 5.11 Å². The SMILES string of the molecule is [BH3-][N+]12CCC(CC1)C(O)(C#N)C2. The van der Waals surface area contributed by atoms with E-state index in [1.807, 2.05) is 0 Å². The van der Waals surface area contributed by atoms with Crippen LogP contribution in [0.4, 0.5) is 0 Å². The number of hydrogen-bond donors (Lipinski definition) is 1. The van der Waals surface area contributed by atoms with Crippen LogP contribution in [-0.4, -0.2) is 42.7 Å². The molecule has 4 heteroatoms. The Hall–Kier alpha value is -0.525. The zero-order valence-electron chi connectivity index (χ0n) is 6.45. The van der Waals surface area contributed by atoms with Crippen molar-refractivity contribution >= 4 is 7.98 Å². The molecule has 3 aliphatic rings. The molecule has 3 heterocycles. The summed E-state index contributed by atoms with van der Waals surface area (Å²) in [6, 6.07) is 2.12. The lowest BCUT2D eigenvalue weighted by molar-refractivity contribution is -0.844. The number of quaternary nitrogens is 1. The topological polar surface area (TPSA) is 44.0 Å². The van der Waals surface area contributed by atoms with E-state index >= 15 is 0 Å². The van der Waals surface area contributed by atoms with Gasteiger partial charge in [0.2, 0.25) is 0 Å². The standard InChI is InChI=1S/C8H15BN2O/c9-11-3-1-7(2-4-11)8(12,5-10)6-11/h7,12H,1-4,6H2,9H3. The summed E-state index contributed by atoms with van der Waals surface area (Å²) in [4.78, 5) is 0. The van der Waals surface area contributed by atoms with Crippen LogP contribution in [0.15, 0.2) is 0 Å². The van der Waals surface area contributed by atoms with Gasteiger partial charge in [0.15, 0.2) is 13.6 Å². The van der Waals surface area contributed by atoms with Crippen molar-refractivity contribution in [3.8, 4) is 6.07 Å². The van der Waals surface area contributed by atoms with Crippen LogP contribution >= 0.6 is 0 Å². The molecule has 0 saturated carbocycles. The summed E-state index contributed by atoms with van der Waals surface area (Å²) >= 11 is 0. The van der Waals surface area contributed by atoms with Crippen LogP contribution in [0.1, 0.15) is 12.8 Å². The predicted molar refractivity (Wildman–Crippen MR) is 48.1 cm³/mol. The lowest BCUT2D eigenvalue weighted by Gasteiger charge is -2.58. The summed E-state index contributed by atoms with van der Waals surface area (Å²) in [5, 5.41) is 18.9. The van der Waals surface area contributed by atoms with Crippen LogP contribution < -0.4 is 0 Å². The number of rotatable bonds is 0. The third kappa shape index (κ3) is 0.971. The minimum atomic E-state index is -0.960. The Bertz CT molecular complexity index is 242. The molecule has 1 atom stereocenters. The number of nitriles is 1. The molecular weight excluding hydrogens is 151 g/mol. The van der Waals surface area contributed by atoms with E-state index in [1.165, 1.54) is 13.1 Å². The normalized spacial score (nSPS) is 51.9. The van der Waals surface area contributed by atoms with E-state index in [0.29, 0.717) is 0 Å². The lowest BCUT2D eigenvalue weighted by atomic mass is 9.72. The van der Waals surface area contributed by atoms with Gasteiger partial charge >= 0.3 is 0 Å². The number of aliphatic hydroxyl groups is 1. The van der Waals surface area contributed by atoms with Gasteiger partial charge < -0.3 is 9.50 Å². The molecule has 0 aromatic heterocycles. The molecule has 3 fully saturated rings. The second-order valence-electron chi connectivity index (χ2n) is 3.59. The molecule has 66 valence electrons. The van der Waals surface area contributed by atoms with E-state index in [-0.39, 0.29) is 13.9 Å². The van der Waals surface area contributed by atoms with Gasteiger partial charge in [-0.05, 0) is 12.8 Å². The minimum Gasteiger partial charge on any atom is -0.519 e. The largest absolute Gasteiger partial charge is 0.519 e. The molecule has 3 aliphatic heterocycles. The van der Waals surface area contributed by atoms with Crippen LogP contribution in [-0.2, 0) is 0 Å². The van der Waals surface area contributed by atoms with Gasteiger partial charge in [0, 0.05) is 19.0 Å². The van der Waals surface area contributed by atoms with Gasteiger partial charge in [-0.25, -0.2) is 0 Å². The van der Waals surface area contributed by atoms with E-state index < -0.39 is 5.60 Å². The fraction of sp³-hybridized carbons (Fsp3) is 0.875. The first-order valence-electron chi connectivity index (χ1n) is 4.10. The average Bonchev–Trinajstić information content (AvgIpc) is 2.04. The van der Waals surface area contributed by atoms with Gasteiger partial charge in [0.25, 0.3) is 0 Å². The highest BCUT2D eigenvalue weighted by Gasteiger charge is 2.50. The smallest absolute Gasteiger partial charge is 0.199 e. The Labute approximate surface area is 73.6 Å². The number of hydrogen-bond acceptors (Lipinski definition) is 2. The number of fused-ring (bicyclic) bond motifs is 3. The molecule has 1 unspecified atom stereocenters. The molecule has 3 saturated heterocycles. The summed E-state index contributed by atoms with van der Waals surface area (Å²) in [6.07, 6.45) is 2.15. The monoisotopic (exact) mass is 166 g/mol. The fourth-order valence-corrected chi connectivity index (χ4v) is 2.17. The van der Waals surface area contributed by atoms with Gasteiger partial charge in [-0.3, -0.25) is 0 Å². The zero-order chi connectivity index (χ0) is 8.82. The Morgan fingerprint density at radius 2 is 2.08 bits per heavy atom. The van der Waals surface area contributed by atoms with Crippen LogP contribution in [0.25, 0.3) is 0 Å². The highest BCUT2D eigenvalue weighted by molar-refractivity contribution is 5.97. The molecule has 12 heavy (non-hydrogen) atoms. The molecular formula is C8H15BN2O. The van der Waals surface area contributed by atoms with Crippen molar-refractivity contribution < 1.29 is 9.50 Å². The Balaban J connectivity index is 2.28. The van der Waals surface area contributed by atoms with Crippen molar-refractivity contribution in [1.29, 1.82) is 5.26 Å². The van der Waals surface area contributed by atoms with E-state index in [1.54, 1.807) is 0 Å². The highest BCUT2D eigenvalue weighted by atomic mass is 16.3. The third-order valence-corrected chi connectivity index (χ3v) is 2.92. The van der Waals surface area contributed by atoms with Gasteiger partial charge in [0.05, 0.1) is 6.54 Å². The number of nitrogens with zero attached hydrogens (tertiary/aromatic N) is 2. The second-order valence-corrected chi connectivity index (χ2v) is 3.59. The molecule has 3 nitrogen and oxygen atoms in total. The third-order valence-electron chi connectivity index (χ3n) is 2.92. The van der Waals surface area contributed by atoms with Crippen molar-refractivity contribution in [1.82, 2.24) is 0 Å². The lowest BCUT2D eigenvalue weighted by Crippen LogP contribution is -2.67. The number of piperidine rings is 3. The van der Waals surface area contributed by atoms with Crippen molar-refractivity contribution in [2.45, 2.75) is 18.4 Å². The molecule has 0 amide bonds. The van der Waals surface area contributed by atoms with Gasteiger partial charge in [-0.15, -0.1) is 0 Å². The maximum Gasteiger partial charge on any atom is 0.199 e. The summed E-state index contributed by atoms with van der Waals surface area (Å²) in [5.74, 6) is 0.278. The van der Waals surface area contributed by atoms with E-state index in [0.717, 1.165) is 23.8 Å². The van der Waals surface area contributed by atoms with E-state index in [2.05, 4.69) is 6.07 Å². The Kier molecular flexibility index (Phi) is 1.51. The minimum absolute atomic E-state index is 0.218. The molecule has 0 aromatic carbocycles. The molecule has 0 radical (unpaired) electrons. The Morgan fingerprint density at radius 1 is 1.50 bits per heavy atom. The van der Waals surface area contributed by atoms with Gasteiger partial charge in [0.1, 0.15) is 6.07 Å². The van der Waals surface area contributed by atoms with Crippen molar-refractivity contribution in [3.63, 3.8) is 0 Å². The molecule has 2 bridgehead atoms. The highest BCUT2D eigenvalue weighted by Crippen LogP contribution is 2.38. The molecule has 3 rings (SSSR count). The summed E-state index contributed by atoms with van der Waals surface area (Å²) < 4.78 is 1.14. The summed E-state index contributed by atoms with van der Waals surface area (Å²) in [5.41, 5.74) is -0.960. The molecule has 0 spiro atoms. The van der Waals surface area contributed by atoms with Crippen molar-refractivity contribution in [2.75, 3.05) is 19.6 Å². The maximum atomic E-state index is 10.00. The van der Waals surface area contributed by atoms with E-state index in [4.69, 9.17) is 5.26 Å². The van der Waals surface area contributed by atoms with Gasteiger partial charge in [-0.1, -0.05) is 0 Å². The van der Waals surface area contributed by atoms with Crippen molar-refractivity contribution in [3.05, 3.63) is 0 Å². The van der Waals surface area contributed by atoms with Crippen molar-refractivity contribution in [2.24, 2.45) is 5.92 Å². The zero-order valence-corrected chi connectivity index (χ0v) is 6.45. The quantitative estimate of drug-likeness (QED) is 0.361. The summed E-state index contributed by atoms with van der Waals surface area (Å²) in [6.45, 7) is 3.23. The molecule has 0 aliphatic carbocycles. The first kappa shape index (κ1) is 8.09.